The molecule has 5 nitrogen and oxygen atoms in total. The molecule has 110 valence electrons. The van der Waals surface area contributed by atoms with Crippen molar-refractivity contribution in [2.75, 3.05) is 23.3 Å². The maximum atomic E-state index is 13.8. The van der Waals surface area contributed by atoms with Crippen LogP contribution in [0.4, 0.5) is 16.0 Å². The van der Waals surface area contributed by atoms with E-state index in [4.69, 9.17) is 0 Å². The third-order valence-corrected chi connectivity index (χ3v) is 3.66. The second-order valence-corrected chi connectivity index (χ2v) is 5.19. The van der Waals surface area contributed by atoms with Crippen LogP contribution in [0.2, 0.25) is 0 Å². The molecule has 0 aromatic carbocycles. The van der Waals surface area contributed by atoms with Gasteiger partial charge < -0.3 is 10.2 Å². The van der Waals surface area contributed by atoms with Crippen LogP contribution in [0.3, 0.4) is 0 Å². The van der Waals surface area contributed by atoms with E-state index in [2.05, 4.69) is 25.2 Å². The van der Waals surface area contributed by atoms with Crippen molar-refractivity contribution < 1.29 is 4.39 Å². The van der Waals surface area contributed by atoms with Gasteiger partial charge in [-0.15, -0.1) is 0 Å². The van der Waals surface area contributed by atoms with Gasteiger partial charge in [-0.1, -0.05) is 0 Å². The summed E-state index contributed by atoms with van der Waals surface area (Å²) in [6, 6.07) is 3.97. The minimum atomic E-state index is -0.397. The Hall–Kier alpha value is -2.24. The zero-order valence-electron chi connectivity index (χ0n) is 12.0. The fourth-order valence-electron chi connectivity index (χ4n) is 2.46. The second kappa shape index (κ2) is 6.03. The van der Waals surface area contributed by atoms with Crippen LogP contribution < -0.4 is 10.2 Å². The number of rotatable bonds is 4. The van der Waals surface area contributed by atoms with Gasteiger partial charge in [-0.3, -0.25) is 0 Å². The number of nitrogens with one attached hydrogen (secondary N) is 1. The molecule has 0 atom stereocenters. The van der Waals surface area contributed by atoms with E-state index in [9.17, 15) is 4.39 Å². The number of hydrogen-bond acceptors (Lipinski definition) is 5. The Morgan fingerprint density at radius 2 is 2.05 bits per heavy atom. The number of aryl methyl sites for hydroxylation is 1. The van der Waals surface area contributed by atoms with Gasteiger partial charge >= 0.3 is 0 Å². The predicted octanol–water partition coefficient (Wildman–Crippen LogP) is 2.53. The fourth-order valence-corrected chi connectivity index (χ4v) is 2.46. The zero-order valence-corrected chi connectivity index (χ0v) is 12.0. The average Bonchev–Trinajstić information content (AvgIpc) is 3.03. The molecule has 3 rings (SSSR count). The van der Waals surface area contributed by atoms with Gasteiger partial charge in [0.05, 0.1) is 5.69 Å². The summed E-state index contributed by atoms with van der Waals surface area (Å²) in [6.45, 7) is 4.25. The van der Waals surface area contributed by atoms with Crippen LogP contribution in [0.5, 0.6) is 0 Å². The lowest BCUT2D eigenvalue weighted by atomic mass is 10.2. The van der Waals surface area contributed by atoms with E-state index < -0.39 is 5.82 Å². The van der Waals surface area contributed by atoms with Gasteiger partial charge in [0.25, 0.3) is 0 Å². The van der Waals surface area contributed by atoms with Crippen LogP contribution in [-0.4, -0.2) is 28.0 Å². The topological polar surface area (TPSA) is 53.9 Å². The minimum absolute atomic E-state index is 0.238. The van der Waals surface area contributed by atoms with E-state index in [0.717, 1.165) is 24.5 Å². The normalized spacial score (nSPS) is 14.5. The molecule has 2 aromatic rings. The summed E-state index contributed by atoms with van der Waals surface area (Å²) >= 11 is 0. The van der Waals surface area contributed by atoms with Crippen molar-refractivity contribution in [1.82, 2.24) is 15.0 Å². The Kier molecular flexibility index (Phi) is 3.94. The molecule has 1 N–H and O–H groups in total. The predicted molar refractivity (Wildman–Crippen MR) is 79.7 cm³/mol. The van der Waals surface area contributed by atoms with Crippen molar-refractivity contribution in [2.45, 2.75) is 26.3 Å². The Balaban J connectivity index is 1.70. The number of halogens is 1. The lowest BCUT2D eigenvalue weighted by molar-refractivity contribution is 0.604. The first kappa shape index (κ1) is 13.7. The molecule has 6 heteroatoms. The van der Waals surface area contributed by atoms with E-state index in [-0.39, 0.29) is 5.82 Å². The first-order valence-corrected chi connectivity index (χ1v) is 7.15. The number of nitrogens with zero attached hydrogens (tertiary/aromatic N) is 4. The third-order valence-electron chi connectivity index (χ3n) is 3.66. The Morgan fingerprint density at radius 1 is 1.24 bits per heavy atom. The van der Waals surface area contributed by atoms with Gasteiger partial charge in [-0.2, -0.15) is 0 Å². The van der Waals surface area contributed by atoms with Crippen molar-refractivity contribution in [3.05, 3.63) is 41.7 Å². The molecule has 1 aliphatic rings. The Bertz CT molecular complexity index is 625. The molecule has 0 bridgehead atoms. The average molecular weight is 287 g/mol. The SMILES string of the molecule is Cc1ncnc(NCc2ccnc(N3CCCC3)c2)c1F. The highest BCUT2D eigenvalue weighted by Gasteiger charge is 2.13. The van der Waals surface area contributed by atoms with Crippen LogP contribution in [0.1, 0.15) is 24.1 Å². The van der Waals surface area contributed by atoms with Gasteiger partial charge in [0, 0.05) is 25.8 Å². The minimum Gasteiger partial charge on any atom is -0.363 e. The molecule has 0 saturated carbocycles. The Morgan fingerprint density at radius 3 is 2.86 bits per heavy atom. The summed E-state index contributed by atoms with van der Waals surface area (Å²) in [7, 11) is 0. The summed E-state index contributed by atoms with van der Waals surface area (Å²) in [5, 5.41) is 3.02. The van der Waals surface area contributed by atoms with Crippen LogP contribution in [0.15, 0.2) is 24.7 Å². The molecular formula is C15H18FN5. The summed E-state index contributed by atoms with van der Waals surface area (Å²) in [5.74, 6) is 0.833. The van der Waals surface area contributed by atoms with E-state index in [1.807, 2.05) is 12.1 Å². The van der Waals surface area contributed by atoms with E-state index in [1.54, 1.807) is 13.1 Å². The zero-order chi connectivity index (χ0) is 14.7. The molecule has 3 heterocycles. The number of anilines is 2. The van der Waals surface area contributed by atoms with Gasteiger partial charge in [0.15, 0.2) is 11.6 Å². The molecule has 2 aromatic heterocycles. The quantitative estimate of drug-likeness (QED) is 0.936. The molecule has 1 fully saturated rings. The second-order valence-electron chi connectivity index (χ2n) is 5.19. The summed E-state index contributed by atoms with van der Waals surface area (Å²) < 4.78 is 13.8. The summed E-state index contributed by atoms with van der Waals surface area (Å²) in [6.07, 6.45) is 5.60. The van der Waals surface area contributed by atoms with Crippen molar-refractivity contribution in [2.24, 2.45) is 0 Å². The highest BCUT2D eigenvalue weighted by molar-refractivity contribution is 5.44. The van der Waals surface area contributed by atoms with Crippen LogP contribution >= 0.6 is 0 Å². The van der Waals surface area contributed by atoms with E-state index >= 15 is 0 Å². The summed E-state index contributed by atoms with van der Waals surface area (Å²) in [5.41, 5.74) is 1.41. The van der Waals surface area contributed by atoms with Crippen LogP contribution in [0, 0.1) is 12.7 Å². The van der Waals surface area contributed by atoms with Gasteiger partial charge in [0.1, 0.15) is 12.1 Å². The Labute approximate surface area is 123 Å². The first-order valence-electron chi connectivity index (χ1n) is 7.15. The lowest BCUT2D eigenvalue weighted by Gasteiger charge is -2.17. The molecule has 0 unspecified atom stereocenters. The molecule has 0 amide bonds. The highest BCUT2D eigenvalue weighted by atomic mass is 19.1. The highest BCUT2D eigenvalue weighted by Crippen LogP contribution is 2.19. The molecule has 0 spiro atoms. The van der Waals surface area contributed by atoms with Crippen LogP contribution in [-0.2, 0) is 6.54 Å². The van der Waals surface area contributed by atoms with Crippen molar-refractivity contribution in [3.63, 3.8) is 0 Å². The van der Waals surface area contributed by atoms with Crippen LogP contribution in [0.25, 0.3) is 0 Å². The van der Waals surface area contributed by atoms with Crippen molar-refractivity contribution in [3.8, 4) is 0 Å². The van der Waals surface area contributed by atoms with Gasteiger partial charge in [-0.25, -0.2) is 19.3 Å². The monoisotopic (exact) mass is 287 g/mol. The molecule has 0 radical (unpaired) electrons. The number of hydrogen-bond donors (Lipinski definition) is 1. The van der Waals surface area contributed by atoms with Crippen molar-refractivity contribution in [1.29, 1.82) is 0 Å². The maximum absolute atomic E-state index is 13.8. The third kappa shape index (κ3) is 3.09. The number of pyridine rings is 1. The standard InChI is InChI=1S/C15H18FN5/c1-11-14(16)15(20-10-19-11)18-9-12-4-5-17-13(8-12)21-6-2-3-7-21/h4-5,8,10H,2-3,6-7,9H2,1H3,(H,18,19,20). The summed E-state index contributed by atoms with van der Waals surface area (Å²) in [4.78, 5) is 14.4. The smallest absolute Gasteiger partial charge is 0.186 e. The fraction of sp³-hybridized carbons (Fsp3) is 0.400. The first-order chi connectivity index (χ1) is 10.2. The lowest BCUT2D eigenvalue weighted by Crippen LogP contribution is -2.19. The molecule has 1 saturated heterocycles. The largest absolute Gasteiger partial charge is 0.363 e. The molecule has 0 aliphatic carbocycles. The van der Waals surface area contributed by atoms with E-state index in [0.29, 0.717) is 12.2 Å². The molecular weight excluding hydrogens is 269 g/mol. The van der Waals surface area contributed by atoms with Gasteiger partial charge in [-0.05, 0) is 37.5 Å². The van der Waals surface area contributed by atoms with Gasteiger partial charge in [0.2, 0.25) is 0 Å². The number of aromatic nitrogens is 3. The maximum Gasteiger partial charge on any atom is 0.186 e. The molecule has 21 heavy (non-hydrogen) atoms. The molecule has 1 aliphatic heterocycles. The van der Waals surface area contributed by atoms with Crippen molar-refractivity contribution >= 4 is 11.6 Å². The van der Waals surface area contributed by atoms with E-state index in [1.165, 1.54) is 19.2 Å².